The zero-order valence-electron chi connectivity index (χ0n) is 9.10. The van der Waals surface area contributed by atoms with E-state index in [-0.39, 0.29) is 5.92 Å². The largest absolute Gasteiger partial charge is 0.388 e. The molecule has 1 aliphatic heterocycles. The first-order valence-corrected chi connectivity index (χ1v) is 5.57. The number of aliphatic hydroxyl groups is 1. The fraction of sp³-hybridized carbons (Fsp3) is 0.462. The summed E-state index contributed by atoms with van der Waals surface area (Å²) in [5.74, 6) is 0.155. The van der Waals surface area contributed by atoms with Crippen LogP contribution in [0.1, 0.15) is 30.1 Å². The summed E-state index contributed by atoms with van der Waals surface area (Å²) in [6.45, 7) is 1.40. The van der Waals surface area contributed by atoms with Crippen LogP contribution in [0.4, 0.5) is 0 Å². The number of benzene rings is 1. The number of aliphatic hydroxyl groups excluding tert-OH is 1. The Morgan fingerprint density at radius 2 is 2.38 bits per heavy atom. The van der Waals surface area contributed by atoms with Gasteiger partial charge in [0.2, 0.25) is 0 Å². The summed E-state index contributed by atoms with van der Waals surface area (Å²) in [4.78, 5) is 0. The lowest BCUT2D eigenvalue weighted by Gasteiger charge is -2.26. The van der Waals surface area contributed by atoms with Crippen LogP contribution in [0.2, 0.25) is 0 Å². The molecule has 0 aromatic heterocycles. The van der Waals surface area contributed by atoms with Gasteiger partial charge in [-0.2, -0.15) is 5.26 Å². The maximum Gasteiger partial charge on any atom is 0.0991 e. The number of nitrogens with zero attached hydrogens (tertiary/aromatic N) is 1. The molecule has 3 heteroatoms. The third-order valence-electron chi connectivity index (χ3n) is 3.00. The second-order valence-corrected chi connectivity index (χ2v) is 4.16. The van der Waals surface area contributed by atoms with Gasteiger partial charge in [-0.3, -0.25) is 0 Å². The normalized spacial score (nSPS) is 22.4. The molecular weight excluding hydrogens is 202 g/mol. The van der Waals surface area contributed by atoms with E-state index in [9.17, 15) is 5.11 Å². The van der Waals surface area contributed by atoms with Crippen molar-refractivity contribution in [3.05, 3.63) is 35.4 Å². The van der Waals surface area contributed by atoms with Gasteiger partial charge >= 0.3 is 0 Å². The van der Waals surface area contributed by atoms with Crippen molar-refractivity contribution < 1.29 is 9.84 Å². The molecule has 84 valence electrons. The molecule has 0 radical (unpaired) electrons. The third-order valence-corrected chi connectivity index (χ3v) is 3.00. The first-order chi connectivity index (χ1) is 7.81. The summed E-state index contributed by atoms with van der Waals surface area (Å²) in [6.07, 6.45) is 1.46. The topological polar surface area (TPSA) is 53.2 Å². The van der Waals surface area contributed by atoms with Crippen molar-refractivity contribution in [3.63, 3.8) is 0 Å². The molecule has 1 fully saturated rings. The highest BCUT2D eigenvalue weighted by Crippen LogP contribution is 2.28. The Kier molecular flexibility index (Phi) is 3.55. The van der Waals surface area contributed by atoms with Gasteiger partial charge in [0, 0.05) is 12.5 Å². The Morgan fingerprint density at radius 3 is 3.06 bits per heavy atom. The van der Waals surface area contributed by atoms with Gasteiger partial charge in [0.05, 0.1) is 24.3 Å². The van der Waals surface area contributed by atoms with Gasteiger partial charge in [0.1, 0.15) is 0 Å². The maximum atomic E-state index is 10.2. The molecule has 1 aromatic carbocycles. The molecule has 1 heterocycles. The van der Waals surface area contributed by atoms with Crippen LogP contribution >= 0.6 is 0 Å². The Labute approximate surface area is 95.3 Å². The van der Waals surface area contributed by atoms with Crippen molar-refractivity contribution in [2.45, 2.75) is 18.9 Å². The predicted molar refractivity (Wildman–Crippen MR) is 59.7 cm³/mol. The van der Waals surface area contributed by atoms with E-state index in [1.165, 1.54) is 0 Å². The highest BCUT2D eigenvalue weighted by atomic mass is 16.5. The number of nitriles is 1. The summed E-state index contributed by atoms with van der Waals surface area (Å²) in [7, 11) is 0. The van der Waals surface area contributed by atoms with Gasteiger partial charge in [-0.1, -0.05) is 12.1 Å². The average Bonchev–Trinajstić information content (AvgIpc) is 2.39. The number of rotatable bonds is 2. The minimum absolute atomic E-state index is 0.155. The maximum absolute atomic E-state index is 10.2. The van der Waals surface area contributed by atoms with E-state index >= 15 is 0 Å². The number of ether oxygens (including phenoxy) is 1. The van der Waals surface area contributed by atoms with Crippen molar-refractivity contribution >= 4 is 0 Å². The van der Waals surface area contributed by atoms with Crippen molar-refractivity contribution in [2.24, 2.45) is 5.92 Å². The Balaban J connectivity index is 2.13. The number of hydrogen-bond acceptors (Lipinski definition) is 3. The fourth-order valence-electron chi connectivity index (χ4n) is 2.08. The Bertz CT molecular complexity index is 391. The van der Waals surface area contributed by atoms with Gasteiger partial charge in [-0.15, -0.1) is 0 Å². The summed E-state index contributed by atoms with van der Waals surface area (Å²) in [5, 5.41) is 19.0. The lowest BCUT2D eigenvalue weighted by Crippen LogP contribution is -2.23. The van der Waals surface area contributed by atoms with Crippen molar-refractivity contribution in [3.8, 4) is 6.07 Å². The van der Waals surface area contributed by atoms with Crippen LogP contribution in [0.5, 0.6) is 0 Å². The molecule has 2 atom stereocenters. The van der Waals surface area contributed by atoms with Crippen LogP contribution in [0.25, 0.3) is 0 Å². The Hall–Kier alpha value is -1.37. The van der Waals surface area contributed by atoms with Gasteiger partial charge in [0.25, 0.3) is 0 Å². The second-order valence-electron chi connectivity index (χ2n) is 4.16. The van der Waals surface area contributed by atoms with Gasteiger partial charge in [0.15, 0.2) is 0 Å². The van der Waals surface area contributed by atoms with Gasteiger partial charge in [-0.25, -0.2) is 0 Å². The van der Waals surface area contributed by atoms with Crippen LogP contribution in [0, 0.1) is 17.2 Å². The van der Waals surface area contributed by atoms with Crippen LogP contribution in [0.15, 0.2) is 24.3 Å². The van der Waals surface area contributed by atoms with E-state index in [1.54, 1.807) is 18.2 Å². The highest BCUT2D eigenvalue weighted by molar-refractivity contribution is 5.33. The van der Waals surface area contributed by atoms with E-state index in [4.69, 9.17) is 10.00 Å². The second kappa shape index (κ2) is 5.11. The molecule has 0 amide bonds. The van der Waals surface area contributed by atoms with E-state index in [0.29, 0.717) is 12.2 Å². The third kappa shape index (κ3) is 2.41. The first kappa shape index (κ1) is 11.1. The lowest BCUT2D eigenvalue weighted by atomic mass is 9.90. The van der Waals surface area contributed by atoms with Crippen LogP contribution in [-0.4, -0.2) is 18.3 Å². The molecule has 1 N–H and O–H groups in total. The molecule has 0 aliphatic carbocycles. The Morgan fingerprint density at radius 1 is 1.50 bits per heavy atom. The molecule has 2 rings (SSSR count). The van der Waals surface area contributed by atoms with Crippen molar-refractivity contribution in [1.29, 1.82) is 5.26 Å². The molecule has 3 nitrogen and oxygen atoms in total. The van der Waals surface area contributed by atoms with Crippen molar-refractivity contribution in [1.82, 2.24) is 0 Å². The van der Waals surface area contributed by atoms with Gasteiger partial charge in [-0.05, 0) is 30.5 Å². The zero-order valence-corrected chi connectivity index (χ0v) is 9.10. The molecule has 0 spiro atoms. The molecule has 16 heavy (non-hydrogen) atoms. The smallest absolute Gasteiger partial charge is 0.0991 e. The molecule has 1 aliphatic rings. The number of hydrogen-bond donors (Lipinski definition) is 1. The SMILES string of the molecule is N#Cc1cccc(C(O)C2CCCOC2)c1. The highest BCUT2D eigenvalue weighted by Gasteiger charge is 2.23. The predicted octanol–water partition coefficient (Wildman–Crippen LogP) is 2.02. The molecular formula is C13H15NO2. The lowest BCUT2D eigenvalue weighted by molar-refractivity contribution is -0.00997. The van der Waals surface area contributed by atoms with Crippen LogP contribution in [0.3, 0.4) is 0 Å². The molecule has 1 saturated heterocycles. The quantitative estimate of drug-likeness (QED) is 0.824. The standard InChI is InChI=1S/C13H15NO2/c14-8-10-3-1-4-11(7-10)13(15)12-5-2-6-16-9-12/h1,3-4,7,12-13,15H,2,5-6,9H2. The van der Waals surface area contributed by atoms with Crippen LogP contribution < -0.4 is 0 Å². The minimum Gasteiger partial charge on any atom is -0.388 e. The zero-order chi connectivity index (χ0) is 11.4. The minimum atomic E-state index is -0.520. The van der Waals surface area contributed by atoms with E-state index in [1.807, 2.05) is 6.07 Å². The van der Waals surface area contributed by atoms with E-state index in [2.05, 4.69) is 6.07 Å². The van der Waals surface area contributed by atoms with Crippen molar-refractivity contribution in [2.75, 3.05) is 13.2 Å². The molecule has 0 saturated carbocycles. The van der Waals surface area contributed by atoms with Gasteiger partial charge < -0.3 is 9.84 Å². The summed E-state index contributed by atoms with van der Waals surface area (Å²) < 4.78 is 5.36. The van der Waals surface area contributed by atoms with E-state index < -0.39 is 6.10 Å². The monoisotopic (exact) mass is 217 g/mol. The molecule has 2 unspecified atom stereocenters. The first-order valence-electron chi connectivity index (χ1n) is 5.57. The van der Waals surface area contributed by atoms with E-state index in [0.717, 1.165) is 25.0 Å². The fourth-order valence-corrected chi connectivity index (χ4v) is 2.08. The molecule has 0 bridgehead atoms. The summed E-state index contributed by atoms with van der Waals surface area (Å²) >= 11 is 0. The summed E-state index contributed by atoms with van der Waals surface area (Å²) in [5.41, 5.74) is 1.41. The average molecular weight is 217 g/mol. The van der Waals surface area contributed by atoms with Crippen LogP contribution in [-0.2, 0) is 4.74 Å². The summed E-state index contributed by atoms with van der Waals surface area (Å²) in [6, 6.07) is 9.24. The molecule has 1 aromatic rings.